The molecule has 0 bridgehead atoms. The summed E-state index contributed by atoms with van der Waals surface area (Å²) in [5.74, 6) is -6.31. The first-order valence-corrected chi connectivity index (χ1v) is 9.45. The van der Waals surface area contributed by atoms with Gasteiger partial charge in [-0.15, -0.1) is 0 Å². The van der Waals surface area contributed by atoms with E-state index in [0.29, 0.717) is 5.56 Å². The van der Waals surface area contributed by atoms with Crippen molar-refractivity contribution in [3.63, 3.8) is 0 Å². The Balaban J connectivity index is 2.49. The lowest BCUT2D eigenvalue weighted by Crippen LogP contribution is -2.41. The molecule has 9 nitrogen and oxygen atoms in total. The largest absolute Gasteiger partial charge is 0.478 e. The minimum absolute atomic E-state index is 0.171. The highest BCUT2D eigenvalue weighted by atomic mass is 19.1. The summed E-state index contributed by atoms with van der Waals surface area (Å²) in [6.07, 6.45) is 0. The fourth-order valence-corrected chi connectivity index (χ4v) is 3.67. The van der Waals surface area contributed by atoms with E-state index in [2.05, 4.69) is 0 Å². The van der Waals surface area contributed by atoms with Gasteiger partial charge in [-0.05, 0) is 17.7 Å². The normalized spacial score (nSPS) is 15.7. The number of hydrogen-bond donors (Lipinski definition) is 2. The number of rotatable bonds is 5. The van der Waals surface area contributed by atoms with Crippen molar-refractivity contribution in [2.75, 3.05) is 19.1 Å². The highest BCUT2D eigenvalue weighted by Crippen LogP contribution is 2.44. The predicted octanol–water partition coefficient (Wildman–Crippen LogP) is 2.42. The Morgan fingerprint density at radius 1 is 1.06 bits per heavy atom. The van der Waals surface area contributed by atoms with E-state index in [4.69, 9.17) is 15.2 Å². The minimum atomic E-state index is -1.65. The summed E-state index contributed by atoms with van der Waals surface area (Å²) in [4.78, 5) is 38.5. The summed E-state index contributed by atoms with van der Waals surface area (Å²) in [7, 11) is 2.12. The Morgan fingerprint density at radius 2 is 1.70 bits per heavy atom. The number of carboxylic acid groups (broad SMARTS) is 1. The number of benzene rings is 2. The number of nitrogens with zero attached hydrogens (tertiary/aromatic N) is 2. The van der Waals surface area contributed by atoms with Crippen molar-refractivity contribution >= 4 is 23.6 Å². The van der Waals surface area contributed by atoms with Gasteiger partial charge < -0.3 is 20.3 Å². The molecule has 1 aliphatic rings. The van der Waals surface area contributed by atoms with Gasteiger partial charge in [0, 0.05) is 0 Å². The number of aromatic carboxylic acids is 1. The fourth-order valence-electron chi connectivity index (χ4n) is 3.67. The van der Waals surface area contributed by atoms with Gasteiger partial charge in [-0.25, -0.2) is 18.8 Å². The van der Waals surface area contributed by atoms with Gasteiger partial charge >= 0.3 is 17.9 Å². The number of esters is 2. The van der Waals surface area contributed by atoms with Gasteiger partial charge in [0.1, 0.15) is 22.9 Å². The van der Waals surface area contributed by atoms with Crippen LogP contribution < -0.4 is 10.6 Å². The molecule has 0 saturated heterocycles. The van der Waals surface area contributed by atoms with Crippen LogP contribution in [0.25, 0.3) is 0 Å². The van der Waals surface area contributed by atoms with Crippen molar-refractivity contribution in [2.24, 2.45) is 5.73 Å². The van der Waals surface area contributed by atoms with Crippen LogP contribution >= 0.6 is 0 Å². The molecule has 2 aromatic rings. The topological polar surface area (TPSA) is 143 Å². The Hall–Kier alpha value is -4.65. The molecule has 0 radical (unpaired) electrons. The SMILES string of the molecule is COC(=O)C1=C(C(=O)OC)N(c2cccc(F)c2C(=O)O)C(N)=C(C#N)C1c1ccccc1. The number of carboxylic acids is 1. The summed E-state index contributed by atoms with van der Waals surface area (Å²) >= 11 is 0. The number of carbonyl (C=O) groups is 3. The Bertz CT molecular complexity index is 1250. The molecular formula is C23H18FN3O6. The maximum absolute atomic E-state index is 14.5. The monoisotopic (exact) mass is 451 g/mol. The lowest BCUT2D eigenvalue weighted by atomic mass is 9.80. The lowest BCUT2D eigenvalue weighted by Gasteiger charge is -2.36. The van der Waals surface area contributed by atoms with Crippen LogP contribution in [0.4, 0.5) is 10.1 Å². The van der Waals surface area contributed by atoms with Gasteiger partial charge in [0.2, 0.25) is 0 Å². The highest BCUT2D eigenvalue weighted by Gasteiger charge is 2.44. The van der Waals surface area contributed by atoms with Crippen LogP contribution in [0.15, 0.2) is 71.2 Å². The molecule has 1 heterocycles. The second-order valence-corrected chi connectivity index (χ2v) is 6.77. The van der Waals surface area contributed by atoms with Crippen LogP contribution in [-0.2, 0) is 19.1 Å². The zero-order valence-corrected chi connectivity index (χ0v) is 17.5. The summed E-state index contributed by atoms with van der Waals surface area (Å²) in [5.41, 5.74) is 4.54. The first-order chi connectivity index (χ1) is 15.8. The fraction of sp³-hybridized carbons (Fsp3) is 0.130. The van der Waals surface area contributed by atoms with E-state index in [0.717, 1.165) is 25.2 Å². The number of allylic oxidation sites excluding steroid dienone is 1. The average Bonchev–Trinajstić information content (AvgIpc) is 2.82. The second-order valence-electron chi connectivity index (χ2n) is 6.77. The van der Waals surface area contributed by atoms with Crippen LogP contribution in [-0.4, -0.2) is 37.2 Å². The molecule has 1 unspecified atom stereocenters. The summed E-state index contributed by atoms with van der Waals surface area (Å²) in [5, 5.41) is 19.6. The lowest BCUT2D eigenvalue weighted by molar-refractivity contribution is -0.139. The van der Waals surface area contributed by atoms with Crippen LogP contribution in [0.2, 0.25) is 0 Å². The Labute approximate surface area is 187 Å². The molecule has 168 valence electrons. The molecule has 1 atom stereocenters. The third-order valence-electron chi connectivity index (χ3n) is 5.06. The quantitative estimate of drug-likeness (QED) is 0.655. The number of ether oxygens (including phenoxy) is 2. The van der Waals surface area contributed by atoms with Crippen LogP contribution in [0.1, 0.15) is 21.8 Å². The predicted molar refractivity (Wildman–Crippen MR) is 113 cm³/mol. The molecule has 0 fully saturated rings. The van der Waals surface area contributed by atoms with Gasteiger partial charge in [-0.3, -0.25) is 4.90 Å². The highest BCUT2D eigenvalue weighted by molar-refractivity contribution is 6.08. The smallest absolute Gasteiger partial charge is 0.355 e. The summed E-state index contributed by atoms with van der Waals surface area (Å²) in [6, 6.07) is 13.5. The number of anilines is 1. The average molecular weight is 451 g/mol. The van der Waals surface area contributed by atoms with Crippen molar-refractivity contribution in [3.05, 3.63) is 88.1 Å². The molecule has 0 aromatic heterocycles. The molecule has 10 heteroatoms. The van der Waals surface area contributed by atoms with Gasteiger partial charge in [0.25, 0.3) is 0 Å². The third kappa shape index (κ3) is 3.87. The summed E-state index contributed by atoms with van der Waals surface area (Å²) in [6.45, 7) is 0. The molecule has 3 N–H and O–H groups in total. The van der Waals surface area contributed by atoms with Gasteiger partial charge in [0.05, 0.1) is 43.0 Å². The van der Waals surface area contributed by atoms with Crippen molar-refractivity contribution in [1.29, 1.82) is 5.26 Å². The standard InChI is InChI=1S/C23H18FN3O6/c1-32-22(30)18-16(12-7-4-3-5-8-12)13(11-25)20(26)27(19(18)23(31)33-2)15-10-6-9-14(24)17(15)21(28)29/h3-10,16H,26H2,1-2H3,(H,28,29). The first kappa shape index (κ1) is 23.0. The maximum Gasteiger partial charge on any atom is 0.355 e. The molecule has 1 aliphatic heterocycles. The Kier molecular flexibility index (Phi) is 6.44. The molecule has 33 heavy (non-hydrogen) atoms. The van der Waals surface area contributed by atoms with Gasteiger partial charge in [-0.2, -0.15) is 5.26 Å². The number of nitriles is 1. The van der Waals surface area contributed by atoms with Crippen LogP contribution in [0, 0.1) is 17.1 Å². The van der Waals surface area contributed by atoms with Crippen molar-refractivity contribution in [3.8, 4) is 6.07 Å². The molecule has 0 amide bonds. The summed E-state index contributed by atoms with van der Waals surface area (Å²) < 4.78 is 24.2. The molecule has 0 spiro atoms. The molecular weight excluding hydrogens is 433 g/mol. The van der Waals surface area contributed by atoms with Crippen molar-refractivity contribution in [2.45, 2.75) is 5.92 Å². The van der Waals surface area contributed by atoms with Crippen molar-refractivity contribution < 1.29 is 33.4 Å². The first-order valence-electron chi connectivity index (χ1n) is 9.45. The maximum atomic E-state index is 14.5. The van der Waals surface area contributed by atoms with E-state index in [1.807, 2.05) is 6.07 Å². The third-order valence-corrected chi connectivity index (χ3v) is 5.06. The zero-order valence-electron chi connectivity index (χ0n) is 17.5. The number of carbonyl (C=O) groups excluding carboxylic acids is 2. The van der Waals surface area contributed by atoms with Crippen molar-refractivity contribution in [1.82, 2.24) is 0 Å². The van der Waals surface area contributed by atoms with E-state index in [9.17, 15) is 29.1 Å². The molecule has 0 saturated carbocycles. The van der Waals surface area contributed by atoms with Crippen LogP contribution in [0.5, 0.6) is 0 Å². The van der Waals surface area contributed by atoms with Crippen LogP contribution in [0.3, 0.4) is 0 Å². The van der Waals surface area contributed by atoms with E-state index in [1.165, 1.54) is 12.1 Å². The van der Waals surface area contributed by atoms with Gasteiger partial charge in [0.15, 0.2) is 0 Å². The molecule has 0 aliphatic carbocycles. The Morgan fingerprint density at radius 3 is 2.24 bits per heavy atom. The minimum Gasteiger partial charge on any atom is -0.478 e. The van der Waals surface area contributed by atoms with E-state index < -0.39 is 40.9 Å². The number of halogens is 1. The van der Waals surface area contributed by atoms with E-state index >= 15 is 0 Å². The number of nitrogens with two attached hydrogens (primary N) is 1. The molecule has 2 aromatic carbocycles. The zero-order chi connectivity index (χ0) is 24.3. The van der Waals surface area contributed by atoms with E-state index in [-0.39, 0.29) is 22.7 Å². The molecule has 3 rings (SSSR count). The number of hydrogen-bond acceptors (Lipinski definition) is 8. The second kappa shape index (κ2) is 9.23. The number of methoxy groups -OCH3 is 2. The van der Waals surface area contributed by atoms with E-state index in [1.54, 1.807) is 30.3 Å². The van der Waals surface area contributed by atoms with Gasteiger partial charge in [-0.1, -0.05) is 36.4 Å².